The molecule has 9 heteroatoms. The summed E-state index contributed by atoms with van der Waals surface area (Å²) in [5.41, 5.74) is 0. The maximum Gasteiger partial charge on any atom is 0.230 e. The Morgan fingerprint density at radius 2 is 2.08 bits per heavy atom. The summed E-state index contributed by atoms with van der Waals surface area (Å²) in [6.07, 6.45) is 0. The van der Waals surface area contributed by atoms with Crippen LogP contribution in [0.4, 0.5) is 0 Å². The van der Waals surface area contributed by atoms with Crippen LogP contribution in [-0.2, 0) is 23.2 Å². The lowest BCUT2D eigenvalue weighted by atomic mass is 10.3. The van der Waals surface area contributed by atoms with Crippen molar-refractivity contribution >= 4 is 29.3 Å². The second-order valence-electron chi connectivity index (χ2n) is 4.83. The van der Waals surface area contributed by atoms with E-state index in [1.54, 1.807) is 31.4 Å². The molecule has 0 atom stereocenters. The number of carbonyl (C=O) groups is 1. The zero-order valence-corrected chi connectivity index (χ0v) is 15.1. The van der Waals surface area contributed by atoms with Gasteiger partial charge in [0.25, 0.3) is 0 Å². The molecule has 1 aromatic carbocycles. The van der Waals surface area contributed by atoms with E-state index in [2.05, 4.69) is 15.5 Å². The number of thioether (sulfide) groups is 1. The number of ether oxygens (including phenoxy) is 2. The Morgan fingerprint density at radius 3 is 2.79 bits per heavy atom. The summed E-state index contributed by atoms with van der Waals surface area (Å²) in [5, 5.41) is 12.2. The minimum absolute atomic E-state index is 0.0704. The molecule has 130 valence electrons. The van der Waals surface area contributed by atoms with E-state index < -0.39 is 0 Å². The number of hydrogen-bond donors (Lipinski definition) is 1. The lowest BCUT2D eigenvalue weighted by Gasteiger charge is -2.07. The van der Waals surface area contributed by atoms with Crippen molar-refractivity contribution in [1.82, 2.24) is 20.1 Å². The fraction of sp³-hybridized carbons (Fsp3) is 0.400. The van der Waals surface area contributed by atoms with Crippen LogP contribution in [0, 0.1) is 0 Å². The van der Waals surface area contributed by atoms with Crippen LogP contribution in [0.25, 0.3) is 0 Å². The van der Waals surface area contributed by atoms with Gasteiger partial charge in [-0.3, -0.25) is 4.79 Å². The molecule has 0 unspecified atom stereocenters. The van der Waals surface area contributed by atoms with E-state index >= 15 is 0 Å². The van der Waals surface area contributed by atoms with E-state index in [0.717, 1.165) is 0 Å². The first-order valence-electron chi connectivity index (χ1n) is 7.25. The van der Waals surface area contributed by atoms with E-state index in [-0.39, 0.29) is 18.3 Å². The predicted octanol–water partition coefficient (Wildman–Crippen LogP) is 1.90. The Kier molecular flexibility index (Phi) is 7.36. The van der Waals surface area contributed by atoms with Gasteiger partial charge in [-0.25, -0.2) is 0 Å². The van der Waals surface area contributed by atoms with Gasteiger partial charge in [-0.05, 0) is 24.3 Å². The molecule has 0 aliphatic rings. The van der Waals surface area contributed by atoms with Crippen molar-refractivity contribution in [1.29, 1.82) is 0 Å². The summed E-state index contributed by atoms with van der Waals surface area (Å²) in [5.74, 6) is 1.58. The molecule has 2 aromatic rings. The van der Waals surface area contributed by atoms with Gasteiger partial charge in [0.05, 0.1) is 12.4 Å². The average Bonchev–Trinajstić information content (AvgIpc) is 2.93. The van der Waals surface area contributed by atoms with Gasteiger partial charge in [0.2, 0.25) is 5.91 Å². The summed E-state index contributed by atoms with van der Waals surface area (Å²) >= 11 is 7.15. The van der Waals surface area contributed by atoms with Crippen molar-refractivity contribution in [3.63, 3.8) is 0 Å². The second kappa shape index (κ2) is 9.51. The van der Waals surface area contributed by atoms with Crippen LogP contribution in [0.15, 0.2) is 29.4 Å². The lowest BCUT2D eigenvalue weighted by Crippen LogP contribution is -2.28. The third-order valence-corrected chi connectivity index (χ3v) is 4.34. The maximum absolute atomic E-state index is 11.7. The number of benzene rings is 1. The zero-order valence-electron chi connectivity index (χ0n) is 13.5. The molecule has 0 saturated heterocycles. The SMILES string of the molecule is COCCNC(=O)CSc1nnc(COc2ccc(Cl)cc2)n1C. The van der Waals surface area contributed by atoms with Crippen molar-refractivity contribution in [3.05, 3.63) is 35.1 Å². The summed E-state index contributed by atoms with van der Waals surface area (Å²) in [6, 6.07) is 7.10. The number of carbonyl (C=O) groups excluding carboxylic acids is 1. The van der Waals surface area contributed by atoms with Gasteiger partial charge in [-0.2, -0.15) is 0 Å². The number of halogens is 1. The van der Waals surface area contributed by atoms with Crippen LogP contribution in [0.5, 0.6) is 5.75 Å². The molecule has 1 heterocycles. The van der Waals surface area contributed by atoms with E-state index in [1.807, 2.05) is 11.6 Å². The van der Waals surface area contributed by atoms with E-state index in [1.165, 1.54) is 11.8 Å². The molecule has 1 amide bonds. The van der Waals surface area contributed by atoms with Crippen LogP contribution < -0.4 is 10.1 Å². The quantitative estimate of drug-likeness (QED) is 0.536. The monoisotopic (exact) mass is 370 g/mol. The highest BCUT2D eigenvalue weighted by molar-refractivity contribution is 7.99. The Bertz CT molecular complexity index is 663. The molecule has 1 aromatic heterocycles. The first-order chi connectivity index (χ1) is 11.6. The molecule has 0 bridgehead atoms. The smallest absolute Gasteiger partial charge is 0.230 e. The number of aromatic nitrogens is 3. The fourth-order valence-corrected chi connectivity index (χ4v) is 2.63. The molecule has 0 radical (unpaired) electrons. The Morgan fingerprint density at radius 1 is 1.33 bits per heavy atom. The van der Waals surface area contributed by atoms with Crippen molar-refractivity contribution in [2.75, 3.05) is 26.0 Å². The summed E-state index contributed by atoms with van der Waals surface area (Å²) < 4.78 is 12.3. The minimum Gasteiger partial charge on any atom is -0.486 e. The number of methoxy groups -OCH3 is 1. The number of nitrogens with zero attached hydrogens (tertiary/aromatic N) is 3. The molecular weight excluding hydrogens is 352 g/mol. The highest BCUT2D eigenvalue weighted by atomic mass is 35.5. The third kappa shape index (κ3) is 5.70. The van der Waals surface area contributed by atoms with Crippen LogP contribution in [0.1, 0.15) is 5.82 Å². The highest BCUT2D eigenvalue weighted by Crippen LogP contribution is 2.18. The third-order valence-electron chi connectivity index (χ3n) is 3.07. The molecule has 0 aliphatic carbocycles. The van der Waals surface area contributed by atoms with Crippen LogP contribution in [0.2, 0.25) is 5.02 Å². The average molecular weight is 371 g/mol. The number of nitrogens with one attached hydrogen (secondary N) is 1. The molecule has 1 N–H and O–H groups in total. The molecule has 0 spiro atoms. The van der Waals surface area contributed by atoms with E-state index in [9.17, 15) is 4.79 Å². The highest BCUT2D eigenvalue weighted by Gasteiger charge is 2.12. The van der Waals surface area contributed by atoms with Crippen molar-refractivity contribution in [2.24, 2.45) is 7.05 Å². The van der Waals surface area contributed by atoms with Crippen LogP contribution in [-0.4, -0.2) is 46.7 Å². The lowest BCUT2D eigenvalue weighted by molar-refractivity contribution is -0.118. The topological polar surface area (TPSA) is 78.3 Å². The second-order valence-corrected chi connectivity index (χ2v) is 6.21. The minimum atomic E-state index is -0.0704. The van der Waals surface area contributed by atoms with Gasteiger partial charge >= 0.3 is 0 Å². The normalized spacial score (nSPS) is 10.6. The Hall–Kier alpha value is -1.77. The fourth-order valence-electron chi connectivity index (χ4n) is 1.75. The van der Waals surface area contributed by atoms with Crippen molar-refractivity contribution < 1.29 is 14.3 Å². The Labute approximate surface area is 149 Å². The van der Waals surface area contributed by atoms with Crippen molar-refractivity contribution in [3.8, 4) is 5.75 Å². The van der Waals surface area contributed by atoms with Crippen LogP contribution >= 0.6 is 23.4 Å². The summed E-state index contributed by atoms with van der Waals surface area (Å²) in [6.45, 7) is 1.27. The first kappa shape index (κ1) is 18.6. The van der Waals surface area contributed by atoms with Crippen molar-refractivity contribution in [2.45, 2.75) is 11.8 Å². The number of hydrogen-bond acceptors (Lipinski definition) is 6. The van der Waals surface area contributed by atoms with Crippen LogP contribution in [0.3, 0.4) is 0 Å². The van der Waals surface area contributed by atoms with Gasteiger partial charge in [0.15, 0.2) is 11.0 Å². The molecule has 0 fully saturated rings. The molecule has 2 rings (SSSR count). The van der Waals surface area contributed by atoms with Gasteiger partial charge < -0.3 is 19.4 Å². The number of rotatable bonds is 9. The van der Waals surface area contributed by atoms with E-state index in [4.69, 9.17) is 21.1 Å². The number of amides is 1. The zero-order chi connectivity index (χ0) is 17.4. The first-order valence-corrected chi connectivity index (χ1v) is 8.61. The molecule has 0 aliphatic heterocycles. The molecule has 0 saturated carbocycles. The molecule has 24 heavy (non-hydrogen) atoms. The maximum atomic E-state index is 11.7. The van der Waals surface area contributed by atoms with Gasteiger partial charge in [-0.1, -0.05) is 23.4 Å². The summed E-state index contributed by atoms with van der Waals surface area (Å²) in [7, 11) is 3.43. The largest absolute Gasteiger partial charge is 0.486 e. The van der Waals surface area contributed by atoms with Gasteiger partial charge in [-0.15, -0.1) is 10.2 Å². The molecular formula is C15H19ClN4O3S. The van der Waals surface area contributed by atoms with E-state index in [0.29, 0.717) is 34.9 Å². The Balaban J connectivity index is 1.82. The molecule has 7 nitrogen and oxygen atoms in total. The van der Waals surface area contributed by atoms with Gasteiger partial charge in [0, 0.05) is 25.7 Å². The summed E-state index contributed by atoms with van der Waals surface area (Å²) in [4.78, 5) is 11.7. The van der Waals surface area contributed by atoms with Gasteiger partial charge in [0.1, 0.15) is 12.4 Å². The standard InChI is InChI=1S/C15H19ClN4O3S/c1-20-13(9-23-12-5-3-11(16)4-6-12)18-19-15(20)24-10-14(21)17-7-8-22-2/h3-6H,7-10H2,1-2H3,(H,17,21). The predicted molar refractivity (Wildman–Crippen MR) is 92.4 cm³/mol.